The summed E-state index contributed by atoms with van der Waals surface area (Å²) in [6.45, 7) is 1.39. The van der Waals surface area contributed by atoms with Gasteiger partial charge in [0.1, 0.15) is 0 Å². The Balaban J connectivity index is 1.83. The van der Waals surface area contributed by atoms with Gasteiger partial charge in [0, 0.05) is 30.9 Å². The zero-order valence-electron chi connectivity index (χ0n) is 13.2. The topological polar surface area (TPSA) is 84.3 Å². The van der Waals surface area contributed by atoms with Crippen LogP contribution >= 0.6 is 0 Å². The summed E-state index contributed by atoms with van der Waals surface area (Å²) in [5, 5.41) is 4.28. The summed E-state index contributed by atoms with van der Waals surface area (Å²) in [7, 11) is -3.28. The lowest BCUT2D eigenvalue weighted by atomic mass is 10.1. The normalized spacial score (nSPS) is 21.7. The highest BCUT2D eigenvalue weighted by atomic mass is 32.2. The number of carbonyl (C=O) groups is 1. The van der Waals surface area contributed by atoms with E-state index in [1.54, 1.807) is 11.1 Å². The third-order valence-electron chi connectivity index (χ3n) is 4.41. The van der Waals surface area contributed by atoms with Crippen molar-refractivity contribution >= 4 is 15.9 Å². The molecule has 0 saturated carbocycles. The van der Waals surface area contributed by atoms with Gasteiger partial charge in [-0.25, -0.2) is 13.1 Å². The average molecular weight is 338 g/mol. The number of sulfonamides is 1. The van der Waals surface area contributed by atoms with E-state index in [4.69, 9.17) is 0 Å². The van der Waals surface area contributed by atoms with Gasteiger partial charge in [0.2, 0.25) is 15.9 Å². The first-order valence-corrected chi connectivity index (χ1v) is 9.78. The summed E-state index contributed by atoms with van der Waals surface area (Å²) in [5.74, 6) is 0.0254. The zero-order valence-corrected chi connectivity index (χ0v) is 14.1. The summed E-state index contributed by atoms with van der Waals surface area (Å²) >= 11 is 0. The largest absolute Gasteiger partial charge is 0.329 e. The Morgan fingerprint density at radius 3 is 3.00 bits per heavy atom. The lowest BCUT2D eigenvalue weighted by molar-refractivity contribution is -0.130. The van der Waals surface area contributed by atoms with Gasteiger partial charge in [-0.3, -0.25) is 9.48 Å². The minimum atomic E-state index is -3.28. The Bertz CT molecular complexity index is 723. The van der Waals surface area contributed by atoms with Crippen molar-refractivity contribution in [3.8, 4) is 0 Å². The molecule has 2 aliphatic rings. The van der Waals surface area contributed by atoms with Crippen molar-refractivity contribution in [3.63, 3.8) is 0 Å². The number of amides is 1. The molecule has 1 aliphatic heterocycles. The molecule has 2 heterocycles. The number of nitrogens with zero attached hydrogens (tertiary/aromatic N) is 3. The summed E-state index contributed by atoms with van der Waals surface area (Å²) < 4.78 is 27.3. The van der Waals surface area contributed by atoms with Crippen molar-refractivity contribution in [3.05, 3.63) is 29.6 Å². The van der Waals surface area contributed by atoms with E-state index in [0.29, 0.717) is 19.5 Å². The van der Waals surface area contributed by atoms with Crippen molar-refractivity contribution in [2.75, 3.05) is 12.8 Å². The van der Waals surface area contributed by atoms with Gasteiger partial charge in [-0.1, -0.05) is 6.08 Å². The van der Waals surface area contributed by atoms with E-state index in [1.807, 2.05) is 16.8 Å². The molecule has 126 valence electrons. The van der Waals surface area contributed by atoms with Gasteiger partial charge in [0.05, 0.1) is 18.5 Å². The van der Waals surface area contributed by atoms with Crippen LogP contribution in [0.2, 0.25) is 0 Å². The smallest absolute Gasteiger partial charge is 0.250 e. The maximum atomic E-state index is 12.9. The van der Waals surface area contributed by atoms with Crippen LogP contribution in [0.5, 0.6) is 0 Å². The minimum Gasteiger partial charge on any atom is -0.329 e. The molecule has 1 N–H and O–H groups in total. The number of carbonyl (C=O) groups excluding carboxylic acids is 1. The molecule has 7 nitrogen and oxygen atoms in total. The monoisotopic (exact) mass is 338 g/mol. The van der Waals surface area contributed by atoms with Gasteiger partial charge in [0.25, 0.3) is 0 Å². The van der Waals surface area contributed by atoms with Crippen LogP contribution in [0.1, 0.15) is 31.4 Å². The number of rotatable bonds is 4. The van der Waals surface area contributed by atoms with Crippen LogP contribution in [0.15, 0.2) is 23.9 Å². The standard InChI is InChI=1S/C15H22N4O3S/c1-23(21,22)17-10-13-7-9-19-14(6-8-16-19)11-18(13)15(20)12-4-2-3-5-12/h4,6,8,13,17H,2-3,5,7,9-11H2,1H3. The number of fused-ring (bicyclic) bond motifs is 1. The van der Waals surface area contributed by atoms with Gasteiger partial charge < -0.3 is 4.90 Å². The Morgan fingerprint density at radius 1 is 1.48 bits per heavy atom. The third kappa shape index (κ3) is 3.81. The molecule has 1 atom stereocenters. The summed E-state index contributed by atoms with van der Waals surface area (Å²) in [5.41, 5.74) is 1.83. The molecule has 0 saturated heterocycles. The Morgan fingerprint density at radius 2 is 2.30 bits per heavy atom. The fraction of sp³-hybridized carbons (Fsp3) is 0.600. The molecular weight excluding hydrogens is 316 g/mol. The second-order valence-electron chi connectivity index (χ2n) is 6.16. The third-order valence-corrected chi connectivity index (χ3v) is 5.10. The molecule has 0 aromatic carbocycles. The highest BCUT2D eigenvalue weighted by molar-refractivity contribution is 7.88. The van der Waals surface area contributed by atoms with Crippen LogP contribution in [0, 0.1) is 0 Å². The molecule has 1 aromatic rings. The summed E-state index contributed by atoms with van der Waals surface area (Å²) in [4.78, 5) is 14.7. The number of nitrogens with one attached hydrogen (secondary N) is 1. The number of hydrogen-bond acceptors (Lipinski definition) is 4. The second-order valence-corrected chi connectivity index (χ2v) is 8.00. The van der Waals surface area contributed by atoms with E-state index in [1.165, 1.54) is 0 Å². The van der Waals surface area contributed by atoms with E-state index < -0.39 is 10.0 Å². The van der Waals surface area contributed by atoms with Gasteiger partial charge in [-0.2, -0.15) is 5.10 Å². The SMILES string of the molecule is CS(=O)(=O)NCC1CCn2nccc2CN1C(=O)C1=CCCC1. The molecule has 1 aromatic heterocycles. The van der Waals surface area contributed by atoms with Crippen LogP contribution in [-0.2, 0) is 27.9 Å². The highest BCUT2D eigenvalue weighted by Crippen LogP contribution is 2.24. The van der Waals surface area contributed by atoms with E-state index in [0.717, 1.165) is 36.8 Å². The first-order chi connectivity index (χ1) is 10.9. The van der Waals surface area contributed by atoms with Gasteiger partial charge in [-0.15, -0.1) is 0 Å². The molecule has 3 rings (SSSR count). The number of aryl methyl sites for hydroxylation is 1. The van der Waals surface area contributed by atoms with Crippen molar-refractivity contribution in [1.82, 2.24) is 19.4 Å². The van der Waals surface area contributed by atoms with Crippen molar-refractivity contribution < 1.29 is 13.2 Å². The van der Waals surface area contributed by atoms with Gasteiger partial charge in [-0.05, 0) is 31.7 Å². The average Bonchev–Trinajstić information content (AvgIpc) is 3.13. The van der Waals surface area contributed by atoms with E-state index in [2.05, 4.69) is 9.82 Å². The van der Waals surface area contributed by atoms with Crippen LogP contribution in [0.4, 0.5) is 0 Å². The van der Waals surface area contributed by atoms with Crippen molar-refractivity contribution in [2.24, 2.45) is 0 Å². The number of aromatic nitrogens is 2. The molecule has 23 heavy (non-hydrogen) atoms. The van der Waals surface area contributed by atoms with Gasteiger partial charge in [0.15, 0.2) is 0 Å². The van der Waals surface area contributed by atoms with Crippen LogP contribution in [0.3, 0.4) is 0 Å². The van der Waals surface area contributed by atoms with Crippen LogP contribution in [-0.4, -0.2) is 47.8 Å². The molecule has 8 heteroatoms. The minimum absolute atomic E-state index is 0.0254. The Labute approximate surface area is 136 Å². The zero-order chi connectivity index (χ0) is 16.4. The lowest BCUT2D eigenvalue weighted by Crippen LogP contribution is -2.46. The van der Waals surface area contributed by atoms with E-state index in [9.17, 15) is 13.2 Å². The summed E-state index contributed by atoms with van der Waals surface area (Å²) in [6, 6.07) is 1.75. The lowest BCUT2D eigenvalue weighted by Gasteiger charge is -2.30. The quantitative estimate of drug-likeness (QED) is 0.873. The molecule has 1 amide bonds. The maximum absolute atomic E-state index is 12.9. The molecule has 0 bridgehead atoms. The molecule has 1 aliphatic carbocycles. The molecule has 1 unspecified atom stereocenters. The fourth-order valence-corrected chi connectivity index (χ4v) is 3.67. The van der Waals surface area contributed by atoms with Crippen LogP contribution in [0.25, 0.3) is 0 Å². The first kappa shape index (κ1) is 16.2. The maximum Gasteiger partial charge on any atom is 0.250 e. The van der Waals surface area contributed by atoms with E-state index in [-0.39, 0.29) is 18.5 Å². The summed E-state index contributed by atoms with van der Waals surface area (Å²) in [6.07, 6.45) is 8.32. The van der Waals surface area contributed by atoms with Gasteiger partial charge >= 0.3 is 0 Å². The Hall–Kier alpha value is -1.67. The predicted octanol–water partition coefficient (Wildman–Crippen LogP) is 0.643. The van der Waals surface area contributed by atoms with E-state index >= 15 is 0 Å². The Kier molecular flexibility index (Phi) is 4.54. The second kappa shape index (κ2) is 6.45. The van der Waals surface area contributed by atoms with Crippen molar-refractivity contribution in [1.29, 1.82) is 0 Å². The number of allylic oxidation sites excluding steroid dienone is 1. The number of hydrogen-bond donors (Lipinski definition) is 1. The fourth-order valence-electron chi connectivity index (χ4n) is 3.17. The molecule has 0 fully saturated rings. The molecule has 0 spiro atoms. The van der Waals surface area contributed by atoms with Crippen molar-refractivity contribution in [2.45, 2.75) is 44.8 Å². The molecule has 0 radical (unpaired) electrons. The van der Waals surface area contributed by atoms with Crippen LogP contribution < -0.4 is 4.72 Å². The first-order valence-electron chi connectivity index (χ1n) is 7.89. The highest BCUT2D eigenvalue weighted by Gasteiger charge is 2.30. The predicted molar refractivity (Wildman–Crippen MR) is 86.0 cm³/mol. The molecular formula is C15H22N4O3S.